The molecule has 1 N–H and O–H groups in total. The van der Waals surface area contributed by atoms with Gasteiger partial charge in [0.25, 0.3) is 0 Å². The van der Waals surface area contributed by atoms with Gasteiger partial charge in [0.15, 0.2) is 0 Å². The van der Waals surface area contributed by atoms with Gasteiger partial charge in [-0.05, 0) is 25.3 Å². The molecule has 2 atom stereocenters. The molecule has 1 rings (SSSR count). The summed E-state index contributed by atoms with van der Waals surface area (Å²) in [7, 11) is 0. The summed E-state index contributed by atoms with van der Waals surface area (Å²) in [5.74, 6) is 0.723. The lowest BCUT2D eigenvalue weighted by molar-refractivity contribution is 0.317. The van der Waals surface area contributed by atoms with Crippen LogP contribution in [0.1, 0.15) is 40.0 Å². The van der Waals surface area contributed by atoms with Crippen molar-refractivity contribution in [1.82, 2.24) is 5.32 Å². The smallest absolute Gasteiger partial charge is 0.0824 e. The molecule has 1 fully saturated rings. The molecule has 2 nitrogen and oxygen atoms in total. The minimum atomic E-state index is 0.557. The molecule has 0 aromatic rings. The first-order chi connectivity index (χ1) is 6.24. The molecule has 1 heterocycles. The molecule has 13 heavy (non-hydrogen) atoms. The number of unbranched alkanes of at least 4 members (excludes halogenated alkanes) is 1. The van der Waals surface area contributed by atoms with Crippen LogP contribution >= 0.6 is 0 Å². The van der Waals surface area contributed by atoms with Crippen molar-refractivity contribution in [2.24, 2.45) is 5.92 Å². The van der Waals surface area contributed by atoms with E-state index in [2.05, 4.69) is 26.1 Å². The highest BCUT2D eigenvalue weighted by atomic mass is 16.6. The molecule has 2 heteroatoms. The van der Waals surface area contributed by atoms with Gasteiger partial charge in [-0.1, -0.05) is 27.2 Å². The van der Waals surface area contributed by atoms with Crippen molar-refractivity contribution in [3.8, 4) is 0 Å². The maximum atomic E-state index is 5.26. The Morgan fingerprint density at radius 3 is 2.62 bits per heavy atom. The Morgan fingerprint density at radius 2 is 2.15 bits per heavy atom. The van der Waals surface area contributed by atoms with Gasteiger partial charge in [-0.15, -0.1) is 0 Å². The standard InChI is InChI=1S/C11H23NO/c1-4-5-6-12-11(9(2)3)7-10-8-13-10/h9-12H,4-8H2,1-3H3/t10-,11+/m0/s1. The molecule has 0 amide bonds. The van der Waals surface area contributed by atoms with E-state index in [-0.39, 0.29) is 0 Å². The highest BCUT2D eigenvalue weighted by molar-refractivity contribution is 4.80. The molecular weight excluding hydrogens is 162 g/mol. The molecule has 0 saturated carbocycles. The summed E-state index contributed by atoms with van der Waals surface area (Å²) >= 11 is 0. The molecule has 78 valence electrons. The topological polar surface area (TPSA) is 24.6 Å². The minimum Gasteiger partial charge on any atom is -0.373 e. The molecule has 0 unspecified atom stereocenters. The van der Waals surface area contributed by atoms with Gasteiger partial charge in [-0.3, -0.25) is 0 Å². The maximum Gasteiger partial charge on any atom is 0.0824 e. The van der Waals surface area contributed by atoms with Gasteiger partial charge in [0.1, 0.15) is 0 Å². The first kappa shape index (κ1) is 11.0. The molecule has 1 aliphatic heterocycles. The van der Waals surface area contributed by atoms with Crippen LogP contribution < -0.4 is 5.32 Å². The second-order valence-electron chi connectivity index (χ2n) is 4.35. The summed E-state index contributed by atoms with van der Waals surface area (Å²) in [6.07, 6.45) is 4.31. The lowest BCUT2D eigenvalue weighted by Crippen LogP contribution is -2.35. The molecule has 1 saturated heterocycles. The summed E-state index contributed by atoms with van der Waals surface area (Å²) in [5.41, 5.74) is 0. The number of hydrogen-bond donors (Lipinski definition) is 1. The second kappa shape index (κ2) is 5.61. The highest BCUT2D eigenvalue weighted by Crippen LogP contribution is 2.19. The minimum absolute atomic E-state index is 0.557. The largest absolute Gasteiger partial charge is 0.373 e. The van der Waals surface area contributed by atoms with E-state index in [1.165, 1.54) is 19.3 Å². The Labute approximate surface area is 82.0 Å². The van der Waals surface area contributed by atoms with Crippen molar-refractivity contribution in [3.05, 3.63) is 0 Å². The molecule has 0 spiro atoms. The van der Waals surface area contributed by atoms with Crippen LogP contribution in [-0.4, -0.2) is 25.3 Å². The van der Waals surface area contributed by atoms with E-state index >= 15 is 0 Å². The van der Waals surface area contributed by atoms with Crippen molar-refractivity contribution in [1.29, 1.82) is 0 Å². The fraction of sp³-hybridized carbons (Fsp3) is 1.00. The lowest BCUT2D eigenvalue weighted by atomic mass is 9.99. The van der Waals surface area contributed by atoms with Crippen LogP contribution in [0.5, 0.6) is 0 Å². The summed E-state index contributed by atoms with van der Waals surface area (Å²) in [6.45, 7) is 8.94. The number of rotatable bonds is 7. The summed E-state index contributed by atoms with van der Waals surface area (Å²) in [6, 6.07) is 0.652. The number of hydrogen-bond acceptors (Lipinski definition) is 2. The number of ether oxygens (including phenoxy) is 1. The molecule has 1 aliphatic rings. The zero-order chi connectivity index (χ0) is 9.68. The Hall–Kier alpha value is -0.0800. The number of nitrogens with one attached hydrogen (secondary N) is 1. The third-order valence-corrected chi connectivity index (χ3v) is 2.66. The Kier molecular flexibility index (Phi) is 4.74. The third-order valence-electron chi connectivity index (χ3n) is 2.66. The maximum absolute atomic E-state index is 5.26. The van der Waals surface area contributed by atoms with Gasteiger partial charge < -0.3 is 10.1 Å². The van der Waals surface area contributed by atoms with Gasteiger partial charge in [-0.2, -0.15) is 0 Å². The van der Waals surface area contributed by atoms with Crippen LogP contribution in [0.15, 0.2) is 0 Å². The van der Waals surface area contributed by atoms with Crippen LogP contribution in [0.25, 0.3) is 0 Å². The van der Waals surface area contributed by atoms with Crippen molar-refractivity contribution >= 4 is 0 Å². The van der Waals surface area contributed by atoms with Gasteiger partial charge in [-0.25, -0.2) is 0 Å². The molecular formula is C11H23NO. The van der Waals surface area contributed by atoms with E-state index in [4.69, 9.17) is 4.74 Å². The fourth-order valence-corrected chi connectivity index (χ4v) is 1.54. The molecule has 0 radical (unpaired) electrons. The molecule has 0 aliphatic carbocycles. The summed E-state index contributed by atoms with van der Waals surface area (Å²) in [4.78, 5) is 0. The Morgan fingerprint density at radius 1 is 1.46 bits per heavy atom. The highest BCUT2D eigenvalue weighted by Gasteiger charge is 2.27. The summed E-state index contributed by atoms with van der Waals surface area (Å²) < 4.78 is 5.26. The Balaban J connectivity index is 2.12. The van der Waals surface area contributed by atoms with Crippen LogP contribution in [0.4, 0.5) is 0 Å². The van der Waals surface area contributed by atoms with Crippen molar-refractivity contribution in [3.63, 3.8) is 0 Å². The first-order valence-corrected chi connectivity index (χ1v) is 5.59. The van der Waals surface area contributed by atoms with Crippen LogP contribution in [-0.2, 0) is 4.74 Å². The third kappa shape index (κ3) is 4.63. The molecule has 0 aromatic heterocycles. The predicted molar refractivity (Wildman–Crippen MR) is 55.9 cm³/mol. The van der Waals surface area contributed by atoms with Gasteiger partial charge in [0.05, 0.1) is 12.7 Å². The van der Waals surface area contributed by atoms with Gasteiger partial charge in [0, 0.05) is 6.04 Å². The van der Waals surface area contributed by atoms with E-state index in [1.54, 1.807) is 0 Å². The van der Waals surface area contributed by atoms with Gasteiger partial charge >= 0.3 is 0 Å². The lowest BCUT2D eigenvalue weighted by Gasteiger charge is -2.21. The first-order valence-electron chi connectivity index (χ1n) is 5.59. The predicted octanol–water partition coefficient (Wildman–Crippen LogP) is 2.19. The van der Waals surface area contributed by atoms with Crippen LogP contribution in [0.2, 0.25) is 0 Å². The second-order valence-corrected chi connectivity index (χ2v) is 4.35. The van der Waals surface area contributed by atoms with Crippen molar-refractivity contribution in [2.45, 2.75) is 52.2 Å². The van der Waals surface area contributed by atoms with Crippen LogP contribution in [0.3, 0.4) is 0 Å². The SMILES string of the molecule is CCCCN[C@H](C[C@H]1CO1)C(C)C. The average molecular weight is 185 g/mol. The quantitative estimate of drug-likeness (QED) is 0.486. The van der Waals surface area contributed by atoms with E-state index in [0.29, 0.717) is 12.1 Å². The van der Waals surface area contributed by atoms with Crippen molar-refractivity contribution < 1.29 is 4.74 Å². The van der Waals surface area contributed by atoms with E-state index in [9.17, 15) is 0 Å². The van der Waals surface area contributed by atoms with E-state index in [1.807, 2.05) is 0 Å². The number of epoxide rings is 1. The van der Waals surface area contributed by atoms with Gasteiger partial charge in [0.2, 0.25) is 0 Å². The zero-order valence-electron chi connectivity index (χ0n) is 9.18. The summed E-state index contributed by atoms with van der Waals surface area (Å²) in [5, 5.41) is 3.61. The van der Waals surface area contributed by atoms with E-state index < -0.39 is 0 Å². The Bertz CT molecular complexity index is 132. The molecule has 0 bridgehead atoms. The van der Waals surface area contributed by atoms with Crippen molar-refractivity contribution in [2.75, 3.05) is 13.2 Å². The fourth-order valence-electron chi connectivity index (χ4n) is 1.54. The molecule has 0 aromatic carbocycles. The van der Waals surface area contributed by atoms with Crippen LogP contribution in [0, 0.1) is 5.92 Å². The average Bonchev–Trinajstić information content (AvgIpc) is 2.86. The monoisotopic (exact) mass is 185 g/mol. The van der Waals surface area contributed by atoms with E-state index in [0.717, 1.165) is 19.1 Å². The normalized spacial score (nSPS) is 23.5. The zero-order valence-corrected chi connectivity index (χ0v) is 9.18.